The first kappa shape index (κ1) is 11.3. The molecule has 0 aliphatic heterocycles. The van der Waals surface area contributed by atoms with Crippen molar-refractivity contribution in [2.75, 3.05) is 6.61 Å². The molecule has 0 atom stereocenters. The summed E-state index contributed by atoms with van der Waals surface area (Å²) in [6, 6.07) is 6.41. The molecule has 0 saturated carbocycles. The van der Waals surface area contributed by atoms with Gasteiger partial charge in [-0.25, -0.2) is 0 Å². The van der Waals surface area contributed by atoms with Crippen molar-refractivity contribution >= 4 is 0 Å². The number of hydrogen-bond acceptors (Lipinski definition) is 1. The van der Waals surface area contributed by atoms with Crippen LogP contribution in [0.2, 0.25) is 0 Å². The fourth-order valence-electron chi connectivity index (χ4n) is 1.68. The molecule has 0 amide bonds. The van der Waals surface area contributed by atoms with Crippen molar-refractivity contribution in [3.8, 4) is 0 Å². The Bertz CT molecular complexity index is 302. The lowest BCUT2D eigenvalue weighted by Crippen LogP contribution is -2.02. The van der Waals surface area contributed by atoms with E-state index in [9.17, 15) is 0 Å². The van der Waals surface area contributed by atoms with Crippen LogP contribution in [0.5, 0.6) is 0 Å². The van der Waals surface area contributed by atoms with Crippen LogP contribution >= 0.6 is 0 Å². The van der Waals surface area contributed by atoms with Crippen LogP contribution in [0.15, 0.2) is 18.2 Å². The van der Waals surface area contributed by atoms with Gasteiger partial charge < -0.3 is 5.11 Å². The molecule has 0 spiro atoms. The predicted octanol–water partition coefficient (Wildman–Crippen LogP) is 3.05. The van der Waals surface area contributed by atoms with E-state index in [4.69, 9.17) is 5.11 Å². The first-order valence-electron chi connectivity index (χ1n) is 5.10. The van der Waals surface area contributed by atoms with Crippen molar-refractivity contribution in [1.82, 2.24) is 0 Å². The third kappa shape index (κ3) is 2.36. The van der Waals surface area contributed by atoms with Crippen LogP contribution in [0.3, 0.4) is 0 Å². The number of hydrogen-bond donors (Lipinski definition) is 1. The number of aliphatic hydroxyl groups is 1. The first-order chi connectivity index (χ1) is 6.56. The summed E-state index contributed by atoms with van der Waals surface area (Å²) in [6.07, 6.45) is 0. The summed E-state index contributed by atoms with van der Waals surface area (Å²) in [7, 11) is 0. The topological polar surface area (TPSA) is 20.2 Å². The Balaban J connectivity index is 3.00. The fourth-order valence-corrected chi connectivity index (χ4v) is 1.68. The summed E-state index contributed by atoms with van der Waals surface area (Å²) in [6.45, 7) is 8.63. The van der Waals surface area contributed by atoms with Crippen LogP contribution in [0.25, 0.3) is 0 Å². The van der Waals surface area contributed by atoms with Gasteiger partial charge in [0.1, 0.15) is 0 Å². The average molecular weight is 191 g/mol. The highest BCUT2D eigenvalue weighted by molar-refractivity contribution is 5.39. The minimum atomic E-state index is 0.139. The third-order valence-electron chi connectivity index (χ3n) is 2.62. The van der Waals surface area contributed by atoms with Crippen molar-refractivity contribution in [3.05, 3.63) is 40.8 Å². The van der Waals surface area contributed by atoms with Crippen molar-refractivity contribution in [2.45, 2.75) is 33.6 Å². The molecular weight excluding hydrogens is 172 g/mol. The Morgan fingerprint density at radius 1 is 1.36 bits per heavy atom. The van der Waals surface area contributed by atoms with Gasteiger partial charge in [0.05, 0.1) is 6.61 Å². The molecular formula is C13H19O. The molecule has 0 heterocycles. The second-order valence-electron chi connectivity index (χ2n) is 4.16. The Labute approximate surface area is 86.8 Å². The molecule has 0 unspecified atom stereocenters. The van der Waals surface area contributed by atoms with Crippen molar-refractivity contribution in [1.29, 1.82) is 0 Å². The Morgan fingerprint density at radius 2 is 2.00 bits per heavy atom. The number of benzene rings is 1. The van der Waals surface area contributed by atoms with Gasteiger partial charge >= 0.3 is 0 Å². The van der Waals surface area contributed by atoms with Gasteiger partial charge in [0, 0.05) is 5.92 Å². The van der Waals surface area contributed by atoms with E-state index in [-0.39, 0.29) is 6.61 Å². The molecule has 0 bridgehead atoms. The molecule has 1 aromatic carbocycles. The molecule has 14 heavy (non-hydrogen) atoms. The summed E-state index contributed by atoms with van der Waals surface area (Å²) in [5.74, 6) is 1.60. The largest absolute Gasteiger partial charge is 0.395 e. The summed E-state index contributed by atoms with van der Waals surface area (Å²) in [4.78, 5) is 0. The molecule has 0 aliphatic rings. The quantitative estimate of drug-likeness (QED) is 0.778. The Kier molecular flexibility index (Phi) is 3.70. The Morgan fingerprint density at radius 3 is 2.43 bits per heavy atom. The van der Waals surface area contributed by atoms with E-state index in [2.05, 4.69) is 39.0 Å². The second-order valence-corrected chi connectivity index (χ2v) is 4.16. The molecule has 0 aromatic heterocycles. The minimum Gasteiger partial charge on any atom is -0.395 e. The molecule has 1 rings (SSSR count). The van der Waals surface area contributed by atoms with Crippen molar-refractivity contribution in [2.24, 2.45) is 0 Å². The van der Waals surface area contributed by atoms with Crippen LogP contribution < -0.4 is 0 Å². The molecule has 0 aliphatic carbocycles. The zero-order chi connectivity index (χ0) is 10.7. The molecule has 1 heteroatoms. The highest BCUT2D eigenvalue weighted by Gasteiger charge is 2.08. The summed E-state index contributed by atoms with van der Waals surface area (Å²) in [5, 5.41) is 9.02. The lowest BCUT2D eigenvalue weighted by atomic mass is 9.92. The van der Waals surface area contributed by atoms with Crippen LogP contribution in [-0.4, -0.2) is 11.7 Å². The number of aryl methyl sites for hydroxylation is 1. The molecule has 0 saturated heterocycles. The molecule has 1 N–H and O–H groups in total. The van der Waals surface area contributed by atoms with Gasteiger partial charge in [-0.3, -0.25) is 0 Å². The highest BCUT2D eigenvalue weighted by Crippen LogP contribution is 2.23. The SMILES string of the molecule is C[C](CO)c1ccc(C(C)C)c(C)c1. The lowest BCUT2D eigenvalue weighted by molar-refractivity contribution is 0.315. The zero-order valence-corrected chi connectivity index (χ0v) is 9.46. The minimum absolute atomic E-state index is 0.139. The van der Waals surface area contributed by atoms with Crippen LogP contribution in [-0.2, 0) is 0 Å². The summed E-state index contributed by atoms with van der Waals surface area (Å²) >= 11 is 0. The smallest absolute Gasteiger partial charge is 0.0534 e. The third-order valence-corrected chi connectivity index (χ3v) is 2.62. The van der Waals surface area contributed by atoms with Gasteiger partial charge in [-0.1, -0.05) is 39.0 Å². The van der Waals surface area contributed by atoms with Crippen molar-refractivity contribution < 1.29 is 5.11 Å². The average Bonchev–Trinajstić information content (AvgIpc) is 2.15. The zero-order valence-electron chi connectivity index (χ0n) is 9.46. The predicted molar refractivity (Wildman–Crippen MR) is 60.4 cm³/mol. The van der Waals surface area contributed by atoms with E-state index in [1.807, 2.05) is 6.92 Å². The van der Waals surface area contributed by atoms with Gasteiger partial charge in [-0.2, -0.15) is 0 Å². The molecule has 0 fully saturated rings. The van der Waals surface area contributed by atoms with Crippen LogP contribution in [0.4, 0.5) is 0 Å². The molecule has 1 nitrogen and oxygen atoms in total. The van der Waals surface area contributed by atoms with E-state index < -0.39 is 0 Å². The van der Waals surface area contributed by atoms with Gasteiger partial charge in [-0.15, -0.1) is 0 Å². The highest BCUT2D eigenvalue weighted by atomic mass is 16.3. The van der Waals surface area contributed by atoms with E-state index >= 15 is 0 Å². The Hall–Kier alpha value is -0.820. The maximum Gasteiger partial charge on any atom is 0.0534 e. The van der Waals surface area contributed by atoms with Gasteiger partial charge in [0.25, 0.3) is 0 Å². The molecule has 1 aromatic rings. The van der Waals surface area contributed by atoms with E-state index in [1.165, 1.54) is 11.1 Å². The maximum atomic E-state index is 9.02. The number of aliphatic hydroxyl groups excluding tert-OH is 1. The number of rotatable bonds is 3. The van der Waals surface area contributed by atoms with Gasteiger partial charge in [0.15, 0.2) is 0 Å². The van der Waals surface area contributed by atoms with Crippen molar-refractivity contribution in [3.63, 3.8) is 0 Å². The van der Waals surface area contributed by atoms with Crippen LogP contribution in [0, 0.1) is 12.8 Å². The monoisotopic (exact) mass is 191 g/mol. The normalized spacial score (nSPS) is 11.4. The standard InChI is InChI=1S/C13H19O/c1-9(2)13-6-5-12(7-10(13)3)11(4)8-14/h5-7,9,14H,8H2,1-4H3. The van der Waals surface area contributed by atoms with E-state index in [0.29, 0.717) is 5.92 Å². The summed E-state index contributed by atoms with van der Waals surface area (Å²) in [5.41, 5.74) is 3.85. The summed E-state index contributed by atoms with van der Waals surface area (Å²) < 4.78 is 0. The first-order valence-corrected chi connectivity index (χ1v) is 5.10. The molecule has 1 radical (unpaired) electrons. The van der Waals surface area contributed by atoms with E-state index in [0.717, 1.165) is 11.5 Å². The molecule has 77 valence electrons. The van der Waals surface area contributed by atoms with Gasteiger partial charge in [0.2, 0.25) is 0 Å². The fraction of sp³-hybridized carbons (Fsp3) is 0.462. The maximum absolute atomic E-state index is 9.02. The van der Waals surface area contributed by atoms with E-state index in [1.54, 1.807) is 0 Å². The van der Waals surface area contributed by atoms with Crippen LogP contribution in [0.1, 0.15) is 43.4 Å². The second kappa shape index (κ2) is 4.61. The van der Waals surface area contributed by atoms with Gasteiger partial charge in [-0.05, 0) is 29.5 Å². The lowest BCUT2D eigenvalue weighted by Gasteiger charge is -2.13.